The van der Waals surface area contributed by atoms with Crippen LogP contribution < -0.4 is 5.32 Å². The van der Waals surface area contributed by atoms with Crippen molar-refractivity contribution in [2.24, 2.45) is 18.9 Å². The van der Waals surface area contributed by atoms with Crippen LogP contribution in [0.4, 0.5) is 0 Å². The zero-order valence-electron chi connectivity index (χ0n) is 16.9. The van der Waals surface area contributed by atoms with Gasteiger partial charge >= 0.3 is 0 Å². The molecule has 1 aromatic rings. The highest BCUT2D eigenvalue weighted by Crippen LogP contribution is 2.33. The summed E-state index contributed by atoms with van der Waals surface area (Å²) in [6.45, 7) is 8.82. The maximum atomic E-state index is 13.2. The molecule has 1 amide bonds. The summed E-state index contributed by atoms with van der Waals surface area (Å²) in [6.07, 6.45) is 4.79. The Bertz CT molecular complexity index is 596. The van der Waals surface area contributed by atoms with Gasteiger partial charge in [0.1, 0.15) is 6.10 Å². The highest BCUT2D eigenvalue weighted by molar-refractivity contribution is 5.82. The fourth-order valence-corrected chi connectivity index (χ4v) is 4.44. The lowest BCUT2D eigenvalue weighted by Crippen LogP contribution is -2.55. The molecule has 0 aliphatic carbocycles. The van der Waals surface area contributed by atoms with Gasteiger partial charge in [-0.1, -0.05) is 26.7 Å². The summed E-state index contributed by atoms with van der Waals surface area (Å²) >= 11 is 0. The molecule has 0 spiro atoms. The van der Waals surface area contributed by atoms with Crippen LogP contribution in [0.15, 0.2) is 12.3 Å². The summed E-state index contributed by atoms with van der Waals surface area (Å²) in [4.78, 5) is 15.5. The molecule has 0 bridgehead atoms. The van der Waals surface area contributed by atoms with E-state index in [2.05, 4.69) is 29.2 Å². The van der Waals surface area contributed by atoms with E-state index in [9.17, 15) is 4.79 Å². The molecule has 0 radical (unpaired) electrons. The summed E-state index contributed by atoms with van der Waals surface area (Å²) in [5.41, 5.74) is 1.08. The number of aromatic nitrogens is 2. The highest BCUT2D eigenvalue weighted by Gasteiger charge is 2.35. The van der Waals surface area contributed by atoms with Gasteiger partial charge in [0.25, 0.3) is 0 Å². The minimum atomic E-state index is -0.0682. The number of nitrogens with one attached hydrogen (secondary N) is 1. The minimum Gasteiger partial charge on any atom is -0.379 e. The van der Waals surface area contributed by atoms with Crippen molar-refractivity contribution in [3.63, 3.8) is 0 Å². The maximum Gasteiger partial charge on any atom is 0.237 e. The van der Waals surface area contributed by atoms with Gasteiger partial charge in [0.05, 0.1) is 24.9 Å². The number of amides is 1. The van der Waals surface area contributed by atoms with Gasteiger partial charge < -0.3 is 14.8 Å². The molecule has 2 fully saturated rings. The number of aryl methyl sites for hydroxylation is 1. The quantitative estimate of drug-likeness (QED) is 0.746. The zero-order valence-corrected chi connectivity index (χ0v) is 16.9. The van der Waals surface area contributed by atoms with E-state index in [1.54, 1.807) is 6.20 Å². The number of nitrogens with zero attached hydrogens (tertiary/aromatic N) is 3. The number of morpholine rings is 1. The number of ether oxygens (including phenoxy) is 2. The van der Waals surface area contributed by atoms with Gasteiger partial charge in [-0.25, -0.2) is 0 Å². The first kappa shape index (κ1) is 20.3. The monoisotopic (exact) mass is 378 g/mol. The molecule has 3 heterocycles. The van der Waals surface area contributed by atoms with Crippen molar-refractivity contribution in [2.75, 3.05) is 39.5 Å². The number of hydrogen-bond donors (Lipinski definition) is 1. The van der Waals surface area contributed by atoms with E-state index in [1.165, 1.54) is 0 Å². The molecule has 7 heteroatoms. The van der Waals surface area contributed by atoms with Crippen molar-refractivity contribution >= 4 is 5.91 Å². The average molecular weight is 379 g/mol. The summed E-state index contributed by atoms with van der Waals surface area (Å²) in [5.74, 6) is 0.813. The molecule has 2 aliphatic rings. The van der Waals surface area contributed by atoms with Crippen LogP contribution in [-0.2, 0) is 21.3 Å². The maximum absolute atomic E-state index is 13.2. The Balaban J connectivity index is 1.63. The van der Waals surface area contributed by atoms with E-state index in [0.717, 1.165) is 44.7 Å². The highest BCUT2D eigenvalue weighted by atomic mass is 16.5. The van der Waals surface area contributed by atoms with Gasteiger partial charge in [-0.05, 0) is 18.4 Å². The van der Waals surface area contributed by atoms with Crippen LogP contribution in [0.25, 0.3) is 0 Å². The number of rotatable bonds is 8. The number of carbonyl (C=O) groups excluding carboxylic acids is 1. The molecule has 1 aromatic heterocycles. The topological polar surface area (TPSA) is 68.6 Å². The predicted molar refractivity (Wildman–Crippen MR) is 103 cm³/mol. The first-order valence-corrected chi connectivity index (χ1v) is 10.3. The number of carbonyl (C=O) groups is 1. The molecule has 27 heavy (non-hydrogen) atoms. The van der Waals surface area contributed by atoms with Crippen molar-refractivity contribution in [2.45, 2.75) is 45.3 Å². The summed E-state index contributed by atoms with van der Waals surface area (Å²) in [5, 5.41) is 7.51. The van der Waals surface area contributed by atoms with Crippen molar-refractivity contribution in [3.05, 3.63) is 18.0 Å². The van der Waals surface area contributed by atoms with E-state index >= 15 is 0 Å². The third kappa shape index (κ3) is 4.70. The van der Waals surface area contributed by atoms with Gasteiger partial charge in [-0.2, -0.15) is 5.10 Å². The average Bonchev–Trinajstić information content (AvgIpc) is 3.32. The summed E-state index contributed by atoms with van der Waals surface area (Å²) in [7, 11) is 1.94. The van der Waals surface area contributed by atoms with E-state index < -0.39 is 0 Å². The van der Waals surface area contributed by atoms with Gasteiger partial charge in [0.15, 0.2) is 0 Å². The summed E-state index contributed by atoms with van der Waals surface area (Å²) in [6, 6.07) is 1.94. The lowest BCUT2D eigenvalue weighted by Gasteiger charge is -2.37. The molecule has 2 aliphatic heterocycles. The molecule has 152 valence electrons. The van der Waals surface area contributed by atoms with Crippen LogP contribution in [-0.4, -0.2) is 66.1 Å². The smallest absolute Gasteiger partial charge is 0.237 e. The van der Waals surface area contributed by atoms with Crippen molar-refractivity contribution < 1.29 is 14.3 Å². The zero-order chi connectivity index (χ0) is 19.2. The van der Waals surface area contributed by atoms with Gasteiger partial charge in [0, 0.05) is 45.4 Å². The Labute approximate surface area is 162 Å². The molecular formula is C20H34N4O3. The van der Waals surface area contributed by atoms with E-state index in [-0.39, 0.29) is 24.0 Å². The van der Waals surface area contributed by atoms with Crippen molar-refractivity contribution in [1.82, 2.24) is 20.0 Å². The molecule has 0 aromatic carbocycles. The fraction of sp³-hybridized carbons (Fsp3) is 0.800. The molecular weight excluding hydrogens is 344 g/mol. The first-order valence-electron chi connectivity index (χ1n) is 10.3. The Kier molecular flexibility index (Phi) is 7.26. The predicted octanol–water partition coefficient (Wildman–Crippen LogP) is 1.75. The van der Waals surface area contributed by atoms with Crippen LogP contribution >= 0.6 is 0 Å². The molecule has 1 N–H and O–H groups in total. The summed E-state index contributed by atoms with van der Waals surface area (Å²) < 4.78 is 13.3. The first-order chi connectivity index (χ1) is 13.2. The molecule has 0 saturated carbocycles. The van der Waals surface area contributed by atoms with E-state index in [0.29, 0.717) is 25.7 Å². The normalized spacial score (nSPS) is 25.0. The van der Waals surface area contributed by atoms with E-state index in [1.807, 2.05) is 17.8 Å². The van der Waals surface area contributed by atoms with Crippen molar-refractivity contribution in [3.8, 4) is 0 Å². The van der Waals surface area contributed by atoms with Crippen LogP contribution in [0.2, 0.25) is 0 Å². The second-order valence-corrected chi connectivity index (χ2v) is 7.63. The van der Waals surface area contributed by atoms with Crippen LogP contribution in [0.1, 0.15) is 44.9 Å². The van der Waals surface area contributed by atoms with Crippen LogP contribution in [0.5, 0.6) is 0 Å². The molecule has 0 unspecified atom stereocenters. The van der Waals surface area contributed by atoms with E-state index in [4.69, 9.17) is 9.47 Å². The SMILES string of the molecule is CCC(CC)[C@H](C(=O)NC[C@@H]1CCO[C@H]1c1ccnn1C)N1CCOCC1. The Hall–Kier alpha value is -1.44. The Morgan fingerprint density at radius 3 is 2.67 bits per heavy atom. The third-order valence-corrected chi connectivity index (χ3v) is 6.11. The lowest BCUT2D eigenvalue weighted by atomic mass is 9.91. The standard InChI is InChI=1S/C20H34N4O3/c1-4-15(5-2)18(24-9-12-26-13-10-24)20(25)21-14-16-7-11-27-19(16)17-6-8-22-23(17)3/h6,8,15-16,18-19H,4-5,7,9-14H2,1-3H3,(H,21,25)/t16-,18+,19+/m0/s1. The largest absolute Gasteiger partial charge is 0.379 e. The Morgan fingerprint density at radius 2 is 2.04 bits per heavy atom. The Morgan fingerprint density at radius 1 is 1.30 bits per heavy atom. The van der Waals surface area contributed by atoms with Gasteiger partial charge in [0.2, 0.25) is 5.91 Å². The second kappa shape index (κ2) is 9.66. The number of hydrogen-bond acceptors (Lipinski definition) is 5. The third-order valence-electron chi connectivity index (χ3n) is 6.11. The molecule has 3 rings (SSSR count). The fourth-order valence-electron chi connectivity index (χ4n) is 4.44. The van der Waals surface area contributed by atoms with Gasteiger partial charge in [-0.3, -0.25) is 14.4 Å². The second-order valence-electron chi connectivity index (χ2n) is 7.63. The molecule has 3 atom stereocenters. The van der Waals surface area contributed by atoms with Gasteiger partial charge in [-0.15, -0.1) is 0 Å². The van der Waals surface area contributed by atoms with Crippen molar-refractivity contribution in [1.29, 1.82) is 0 Å². The van der Waals surface area contributed by atoms with Crippen LogP contribution in [0, 0.1) is 11.8 Å². The molecule has 7 nitrogen and oxygen atoms in total. The van der Waals surface area contributed by atoms with Crippen LogP contribution in [0.3, 0.4) is 0 Å². The lowest BCUT2D eigenvalue weighted by molar-refractivity contribution is -0.131. The molecule has 2 saturated heterocycles. The minimum absolute atomic E-state index is 0.00721.